The summed E-state index contributed by atoms with van der Waals surface area (Å²) >= 11 is 0. The molecule has 0 bridgehead atoms. The van der Waals surface area contributed by atoms with E-state index in [-0.39, 0.29) is 6.42 Å². The molecule has 0 saturated carbocycles. The molecule has 98 valence electrons. The quantitative estimate of drug-likeness (QED) is 0.708. The van der Waals surface area contributed by atoms with Gasteiger partial charge in [0.15, 0.2) is 0 Å². The predicted octanol–water partition coefficient (Wildman–Crippen LogP) is 0.493. The molecule has 6 heteroatoms. The second-order valence-corrected chi connectivity index (χ2v) is 4.14. The molecule has 0 aromatic heterocycles. The Kier molecular flexibility index (Phi) is 4.67. The van der Waals surface area contributed by atoms with Gasteiger partial charge in [-0.3, -0.25) is 9.59 Å². The molecule has 1 amide bonds. The van der Waals surface area contributed by atoms with E-state index in [0.29, 0.717) is 5.69 Å². The number of hydrogen-bond donors (Lipinski definition) is 3. The molecule has 1 rings (SSSR count). The van der Waals surface area contributed by atoms with Gasteiger partial charge in [-0.25, -0.2) is 0 Å². The Bertz CT molecular complexity index is 446. The van der Waals surface area contributed by atoms with Crippen LogP contribution in [0.5, 0.6) is 0 Å². The molecule has 0 heterocycles. The Morgan fingerprint density at radius 3 is 2.67 bits per heavy atom. The van der Waals surface area contributed by atoms with Crippen LogP contribution in [0.4, 0.5) is 11.4 Å². The molecule has 0 spiro atoms. The fraction of sp³-hybridized carbons (Fsp3) is 0.333. The van der Waals surface area contributed by atoms with Crippen LogP contribution < -0.4 is 16.0 Å². The van der Waals surface area contributed by atoms with Gasteiger partial charge in [0.05, 0.1) is 12.5 Å². The highest BCUT2D eigenvalue weighted by Crippen LogP contribution is 2.17. The van der Waals surface area contributed by atoms with Gasteiger partial charge in [-0.1, -0.05) is 6.07 Å². The SMILES string of the molecule is CN(C)c1cccc(NC(=O)C(N)CC(=O)O)c1. The van der Waals surface area contributed by atoms with Crippen LogP contribution in [0, 0.1) is 0 Å². The largest absolute Gasteiger partial charge is 0.481 e. The van der Waals surface area contributed by atoms with Crippen molar-refractivity contribution in [1.82, 2.24) is 0 Å². The van der Waals surface area contributed by atoms with Crippen molar-refractivity contribution in [3.8, 4) is 0 Å². The Hall–Kier alpha value is -2.08. The van der Waals surface area contributed by atoms with Crippen LogP contribution in [0.25, 0.3) is 0 Å². The first-order chi connectivity index (χ1) is 8.40. The molecular formula is C12H17N3O3. The monoisotopic (exact) mass is 251 g/mol. The minimum atomic E-state index is -1.10. The van der Waals surface area contributed by atoms with Gasteiger partial charge in [-0.05, 0) is 18.2 Å². The molecule has 0 fully saturated rings. The Labute approximate surface area is 105 Å². The molecule has 6 nitrogen and oxygen atoms in total. The van der Waals surface area contributed by atoms with E-state index < -0.39 is 17.9 Å². The van der Waals surface area contributed by atoms with Crippen molar-refractivity contribution in [2.24, 2.45) is 5.73 Å². The van der Waals surface area contributed by atoms with Gasteiger partial charge in [0.2, 0.25) is 5.91 Å². The number of anilines is 2. The van der Waals surface area contributed by atoms with Crippen LogP contribution in [0.1, 0.15) is 6.42 Å². The van der Waals surface area contributed by atoms with Crippen LogP contribution in [0.15, 0.2) is 24.3 Å². The third kappa shape index (κ3) is 4.06. The summed E-state index contributed by atoms with van der Waals surface area (Å²) in [4.78, 5) is 24.0. The summed E-state index contributed by atoms with van der Waals surface area (Å²) in [7, 11) is 3.77. The zero-order valence-electron chi connectivity index (χ0n) is 10.4. The summed E-state index contributed by atoms with van der Waals surface area (Å²) in [6.07, 6.45) is -0.390. The van der Waals surface area contributed by atoms with Crippen LogP contribution in [-0.2, 0) is 9.59 Å². The highest BCUT2D eigenvalue weighted by atomic mass is 16.4. The molecule has 4 N–H and O–H groups in total. The Morgan fingerprint density at radius 2 is 2.11 bits per heavy atom. The van der Waals surface area contributed by atoms with E-state index in [9.17, 15) is 9.59 Å². The van der Waals surface area contributed by atoms with Gasteiger partial charge < -0.3 is 21.1 Å². The van der Waals surface area contributed by atoms with Gasteiger partial charge in [0.25, 0.3) is 0 Å². The van der Waals surface area contributed by atoms with Crippen molar-refractivity contribution in [2.45, 2.75) is 12.5 Å². The third-order valence-corrected chi connectivity index (χ3v) is 2.36. The maximum absolute atomic E-state index is 11.6. The topological polar surface area (TPSA) is 95.7 Å². The van der Waals surface area contributed by atoms with E-state index in [1.54, 1.807) is 18.2 Å². The van der Waals surface area contributed by atoms with Crippen LogP contribution in [-0.4, -0.2) is 37.1 Å². The van der Waals surface area contributed by atoms with Gasteiger partial charge in [-0.15, -0.1) is 0 Å². The lowest BCUT2D eigenvalue weighted by Gasteiger charge is -2.15. The van der Waals surface area contributed by atoms with Crippen molar-refractivity contribution in [2.75, 3.05) is 24.3 Å². The lowest BCUT2D eigenvalue weighted by molar-refractivity contribution is -0.138. The number of nitrogens with two attached hydrogens (primary N) is 1. The molecular weight excluding hydrogens is 234 g/mol. The summed E-state index contributed by atoms with van der Waals surface area (Å²) in [5.74, 6) is -1.60. The standard InChI is InChI=1S/C12H17N3O3/c1-15(2)9-5-3-4-8(6-9)14-12(18)10(13)7-11(16)17/h3-6,10H,7,13H2,1-2H3,(H,14,18)(H,16,17). The van der Waals surface area contributed by atoms with Gasteiger partial charge in [-0.2, -0.15) is 0 Å². The van der Waals surface area contributed by atoms with Gasteiger partial charge in [0, 0.05) is 25.5 Å². The van der Waals surface area contributed by atoms with E-state index in [0.717, 1.165) is 5.69 Å². The van der Waals surface area contributed by atoms with E-state index >= 15 is 0 Å². The molecule has 1 unspecified atom stereocenters. The first kappa shape index (κ1) is 14.0. The molecule has 1 aromatic carbocycles. The fourth-order valence-electron chi connectivity index (χ4n) is 1.38. The number of benzene rings is 1. The highest BCUT2D eigenvalue weighted by Gasteiger charge is 2.17. The molecule has 1 aromatic rings. The number of amides is 1. The normalized spacial score (nSPS) is 11.7. The molecule has 1 atom stereocenters. The average molecular weight is 251 g/mol. The van der Waals surface area contributed by atoms with Crippen molar-refractivity contribution in [3.05, 3.63) is 24.3 Å². The van der Waals surface area contributed by atoms with E-state index in [1.165, 1.54) is 0 Å². The lowest BCUT2D eigenvalue weighted by Crippen LogP contribution is -2.37. The molecule has 0 aliphatic rings. The molecule has 0 aliphatic heterocycles. The zero-order chi connectivity index (χ0) is 13.7. The second-order valence-electron chi connectivity index (χ2n) is 4.14. The van der Waals surface area contributed by atoms with Gasteiger partial charge >= 0.3 is 5.97 Å². The summed E-state index contributed by atoms with van der Waals surface area (Å²) < 4.78 is 0. The summed E-state index contributed by atoms with van der Waals surface area (Å²) in [6.45, 7) is 0. The first-order valence-corrected chi connectivity index (χ1v) is 5.46. The van der Waals surface area contributed by atoms with E-state index in [4.69, 9.17) is 10.8 Å². The molecule has 0 aliphatic carbocycles. The number of nitrogens with one attached hydrogen (secondary N) is 1. The molecule has 0 saturated heterocycles. The fourth-order valence-corrected chi connectivity index (χ4v) is 1.38. The van der Waals surface area contributed by atoms with E-state index in [2.05, 4.69) is 5.32 Å². The van der Waals surface area contributed by atoms with Crippen molar-refractivity contribution in [1.29, 1.82) is 0 Å². The lowest BCUT2D eigenvalue weighted by atomic mass is 10.2. The highest BCUT2D eigenvalue weighted by molar-refractivity contribution is 5.96. The maximum atomic E-state index is 11.6. The molecule has 0 radical (unpaired) electrons. The van der Waals surface area contributed by atoms with Gasteiger partial charge in [0.1, 0.15) is 0 Å². The number of carboxylic acids is 1. The maximum Gasteiger partial charge on any atom is 0.305 e. The number of carbonyl (C=O) groups is 2. The Balaban J connectivity index is 2.69. The third-order valence-electron chi connectivity index (χ3n) is 2.36. The number of carbonyl (C=O) groups excluding carboxylic acids is 1. The zero-order valence-corrected chi connectivity index (χ0v) is 10.4. The number of nitrogens with zero attached hydrogens (tertiary/aromatic N) is 1. The smallest absolute Gasteiger partial charge is 0.305 e. The summed E-state index contributed by atoms with van der Waals surface area (Å²) in [5.41, 5.74) is 6.98. The predicted molar refractivity (Wildman–Crippen MR) is 69.6 cm³/mol. The average Bonchev–Trinajstić information content (AvgIpc) is 2.28. The minimum Gasteiger partial charge on any atom is -0.481 e. The van der Waals surface area contributed by atoms with Crippen LogP contribution in [0.2, 0.25) is 0 Å². The number of aliphatic carboxylic acids is 1. The number of carboxylic acid groups (broad SMARTS) is 1. The number of rotatable bonds is 5. The minimum absolute atomic E-state index is 0.390. The van der Waals surface area contributed by atoms with E-state index in [1.807, 2.05) is 25.1 Å². The van der Waals surface area contributed by atoms with Crippen molar-refractivity contribution in [3.63, 3.8) is 0 Å². The van der Waals surface area contributed by atoms with Crippen LogP contribution >= 0.6 is 0 Å². The van der Waals surface area contributed by atoms with Crippen LogP contribution in [0.3, 0.4) is 0 Å². The summed E-state index contributed by atoms with van der Waals surface area (Å²) in [5, 5.41) is 11.1. The second kappa shape index (κ2) is 6.02. The molecule has 18 heavy (non-hydrogen) atoms. The van der Waals surface area contributed by atoms with Crippen molar-refractivity contribution >= 4 is 23.3 Å². The number of hydrogen-bond acceptors (Lipinski definition) is 4. The Morgan fingerprint density at radius 1 is 1.44 bits per heavy atom. The first-order valence-electron chi connectivity index (χ1n) is 5.46. The van der Waals surface area contributed by atoms with Crippen molar-refractivity contribution < 1.29 is 14.7 Å². The summed E-state index contributed by atoms with van der Waals surface area (Å²) in [6, 6.07) is 6.15.